The number of fused-ring (bicyclic) bond motifs is 5. The summed E-state index contributed by atoms with van der Waals surface area (Å²) in [6, 6.07) is 47.6. The van der Waals surface area contributed by atoms with Gasteiger partial charge in [0.1, 0.15) is 11.5 Å². The average Bonchev–Trinajstić information content (AvgIpc) is 3.51. The van der Waals surface area contributed by atoms with Gasteiger partial charge in [-0.05, 0) is 69.9 Å². The van der Waals surface area contributed by atoms with Crippen molar-refractivity contribution < 1.29 is 4.74 Å². The van der Waals surface area contributed by atoms with E-state index in [-0.39, 0.29) is 11.3 Å². The highest BCUT2D eigenvalue weighted by Crippen LogP contribution is 2.53. The molecule has 0 fully saturated rings. The monoisotopic (exact) mass is 637 g/mol. The van der Waals surface area contributed by atoms with Crippen molar-refractivity contribution in [3.63, 3.8) is 0 Å². The summed E-state index contributed by atoms with van der Waals surface area (Å²) in [4.78, 5) is 2.51. The minimum atomic E-state index is -2.57. The molecular weight excluding hydrogens is 599 g/mol. The maximum Gasteiger partial charge on any atom is 0.175 e. The fraction of sp³-hybridized carbons (Fsp3) is 0.156. The molecule has 0 spiro atoms. The van der Waals surface area contributed by atoms with Crippen LogP contribution in [-0.2, 0) is 5.41 Å². The zero-order valence-corrected chi connectivity index (χ0v) is 28.6. The summed E-state index contributed by atoms with van der Waals surface area (Å²) < 4.78 is 6.63. The van der Waals surface area contributed by atoms with Gasteiger partial charge in [0.05, 0.1) is 5.92 Å². The lowest BCUT2D eigenvalue weighted by Gasteiger charge is -2.43. The molecule has 0 bridgehead atoms. The van der Waals surface area contributed by atoms with Crippen LogP contribution in [0.5, 0.6) is 5.75 Å². The van der Waals surface area contributed by atoms with E-state index in [4.69, 9.17) is 4.74 Å². The third kappa shape index (κ3) is 4.31. The first-order chi connectivity index (χ1) is 23.6. The van der Waals surface area contributed by atoms with Gasteiger partial charge in [0.25, 0.3) is 0 Å². The van der Waals surface area contributed by atoms with Gasteiger partial charge in [0.15, 0.2) is 8.07 Å². The normalized spacial score (nSPS) is 18.8. The van der Waals surface area contributed by atoms with E-state index in [9.17, 15) is 0 Å². The molecule has 1 unspecified atom stereocenters. The van der Waals surface area contributed by atoms with Gasteiger partial charge in [0.2, 0.25) is 0 Å². The van der Waals surface area contributed by atoms with Crippen LogP contribution in [0.4, 0.5) is 11.4 Å². The molecule has 234 valence electrons. The van der Waals surface area contributed by atoms with E-state index in [1.807, 2.05) is 0 Å². The van der Waals surface area contributed by atoms with Crippen molar-refractivity contribution in [3.8, 4) is 5.75 Å². The molecule has 3 heteroatoms. The molecule has 0 N–H and O–H groups in total. The highest BCUT2D eigenvalue weighted by molar-refractivity contribution is 7.16. The number of hydrogen-bond donors (Lipinski definition) is 0. The summed E-state index contributed by atoms with van der Waals surface area (Å²) in [6.07, 6.45) is 14.5. The molecule has 2 aliphatic heterocycles. The van der Waals surface area contributed by atoms with E-state index < -0.39 is 8.07 Å². The van der Waals surface area contributed by atoms with Crippen LogP contribution < -0.4 is 25.2 Å². The van der Waals surface area contributed by atoms with Crippen LogP contribution in [0.1, 0.15) is 55.7 Å². The van der Waals surface area contributed by atoms with Crippen LogP contribution in [0.2, 0.25) is 0 Å². The van der Waals surface area contributed by atoms with E-state index in [0.717, 1.165) is 30.8 Å². The van der Waals surface area contributed by atoms with Gasteiger partial charge < -0.3 is 9.64 Å². The zero-order chi connectivity index (χ0) is 32.3. The molecule has 9 rings (SSSR count). The second kappa shape index (κ2) is 11.2. The smallest absolute Gasteiger partial charge is 0.175 e. The Bertz CT molecular complexity index is 2080. The molecule has 0 aromatic heterocycles. The van der Waals surface area contributed by atoms with Gasteiger partial charge in [-0.1, -0.05) is 146 Å². The second-order valence-electron chi connectivity index (χ2n) is 14.0. The van der Waals surface area contributed by atoms with E-state index in [2.05, 4.69) is 177 Å². The summed E-state index contributed by atoms with van der Waals surface area (Å²) >= 11 is 0. The Kier molecular flexibility index (Phi) is 6.81. The highest BCUT2D eigenvalue weighted by Gasteiger charge is 2.45. The van der Waals surface area contributed by atoms with Crippen molar-refractivity contribution in [2.24, 2.45) is 0 Å². The van der Waals surface area contributed by atoms with Crippen LogP contribution in [0.25, 0.3) is 0 Å². The van der Waals surface area contributed by atoms with Crippen molar-refractivity contribution in [1.82, 2.24) is 0 Å². The van der Waals surface area contributed by atoms with Crippen LogP contribution in [-0.4, -0.2) is 8.07 Å². The number of benzene rings is 5. The van der Waals surface area contributed by atoms with Crippen molar-refractivity contribution in [1.29, 1.82) is 0 Å². The minimum absolute atomic E-state index is 0.0797. The predicted molar refractivity (Wildman–Crippen MR) is 202 cm³/mol. The van der Waals surface area contributed by atoms with Gasteiger partial charge in [-0.2, -0.15) is 0 Å². The molecular formula is C45H39NOSi. The van der Waals surface area contributed by atoms with Gasteiger partial charge in [-0.3, -0.25) is 0 Å². The SMILES string of the molecule is CC1(C)c2ccccc2N(C2=CC=C3Oc4ccc([Si](C5=CC=CCC5)(c5ccccc5)c5ccccc5)cc4C3C2)c2ccccc21. The quantitative estimate of drug-likeness (QED) is 0.141. The van der Waals surface area contributed by atoms with E-state index >= 15 is 0 Å². The Labute approximate surface area is 285 Å². The molecule has 0 amide bonds. The Morgan fingerprint density at radius 2 is 1.29 bits per heavy atom. The summed E-state index contributed by atoms with van der Waals surface area (Å²) in [5.74, 6) is 2.20. The van der Waals surface area contributed by atoms with Crippen LogP contribution >= 0.6 is 0 Å². The first-order valence-electron chi connectivity index (χ1n) is 17.3. The Hall–Kier alpha value is -5.12. The van der Waals surface area contributed by atoms with Gasteiger partial charge in [-0.25, -0.2) is 0 Å². The molecule has 0 saturated heterocycles. The summed E-state index contributed by atoms with van der Waals surface area (Å²) in [6.45, 7) is 4.70. The Morgan fingerprint density at radius 1 is 0.667 bits per heavy atom. The van der Waals surface area contributed by atoms with Crippen molar-refractivity contribution in [2.45, 2.75) is 44.4 Å². The van der Waals surface area contributed by atoms with Crippen LogP contribution in [0.3, 0.4) is 0 Å². The number of hydrogen-bond acceptors (Lipinski definition) is 2. The topological polar surface area (TPSA) is 12.5 Å². The maximum atomic E-state index is 6.63. The van der Waals surface area contributed by atoms with Gasteiger partial charge in [0, 0.05) is 34.5 Å². The van der Waals surface area contributed by atoms with E-state index in [1.165, 1.54) is 49.3 Å². The zero-order valence-electron chi connectivity index (χ0n) is 27.6. The van der Waals surface area contributed by atoms with Gasteiger partial charge >= 0.3 is 0 Å². The number of rotatable bonds is 5. The standard InChI is InChI=1S/C45H39NOSi/c1-45(2)39-22-12-14-24-41(39)46(42-25-15-13-23-40(42)45)32-26-28-43-37(30-32)38-31-36(27-29-44(38)47-43)48(33-16-6-3-7-17-33,34-18-8-4-9-19-34)35-20-10-5-11-21-35/h3-10,12-20,22-29,31,37H,11,21,30H2,1-2H3. The lowest BCUT2D eigenvalue weighted by atomic mass is 9.73. The second-order valence-corrected chi connectivity index (χ2v) is 17.8. The number of allylic oxidation sites excluding steroid dienone is 8. The third-order valence-electron chi connectivity index (χ3n) is 11.1. The number of nitrogens with zero attached hydrogens (tertiary/aromatic N) is 1. The molecule has 2 heterocycles. The largest absolute Gasteiger partial charge is 0.461 e. The number of ether oxygens (including phenoxy) is 1. The molecule has 5 aromatic carbocycles. The minimum Gasteiger partial charge on any atom is -0.461 e. The lowest BCUT2D eigenvalue weighted by Crippen LogP contribution is -2.68. The maximum absolute atomic E-state index is 6.63. The molecule has 0 saturated carbocycles. The van der Waals surface area contributed by atoms with Gasteiger partial charge in [-0.15, -0.1) is 0 Å². The molecule has 2 nitrogen and oxygen atoms in total. The van der Waals surface area contributed by atoms with Crippen molar-refractivity contribution in [3.05, 3.63) is 191 Å². The van der Waals surface area contributed by atoms with Crippen molar-refractivity contribution in [2.75, 3.05) is 4.90 Å². The Balaban J connectivity index is 1.18. The fourth-order valence-corrected chi connectivity index (χ4v) is 13.9. The van der Waals surface area contributed by atoms with E-state index in [0.29, 0.717) is 0 Å². The van der Waals surface area contributed by atoms with Crippen LogP contribution in [0.15, 0.2) is 174 Å². The molecule has 5 aromatic rings. The van der Waals surface area contributed by atoms with Crippen molar-refractivity contribution >= 4 is 35.0 Å². The first kappa shape index (κ1) is 29.0. The fourth-order valence-electron chi connectivity index (χ4n) is 8.81. The van der Waals surface area contributed by atoms with Crippen LogP contribution in [0, 0.1) is 0 Å². The third-order valence-corrected chi connectivity index (χ3v) is 16.0. The first-order valence-corrected chi connectivity index (χ1v) is 19.3. The Morgan fingerprint density at radius 3 is 1.92 bits per heavy atom. The number of anilines is 2. The molecule has 48 heavy (non-hydrogen) atoms. The predicted octanol–water partition coefficient (Wildman–Crippen LogP) is 9.10. The summed E-state index contributed by atoms with van der Waals surface area (Å²) in [5, 5.41) is 5.85. The average molecular weight is 638 g/mol. The summed E-state index contributed by atoms with van der Waals surface area (Å²) in [7, 11) is -2.57. The number of para-hydroxylation sites is 2. The summed E-state index contributed by atoms with van der Waals surface area (Å²) in [5.41, 5.74) is 7.80. The molecule has 4 aliphatic rings. The highest BCUT2D eigenvalue weighted by atomic mass is 28.3. The molecule has 2 aliphatic carbocycles. The lowest BCUT2D eigenvalue weighted by molar-refractivity contribution is 0.422. The molecule has 0 radical (unpaired) electrons. The van der Waals surface area contributed by atoms with E-state index in [1.54, 1.807) is 5.20 Å². The molecule has 1 atom stereocenters.